The minimum Gasteiger partial charge on any atom is -0.456 e. The van der Waals surface area contributed by atoms with Crippen molar-refractivity contribution in [3.05, 3.63) is 80.9 Å². The van der Waals surface area contributed by atoms with Gasteiger partial charge in [0.2, 0.25) is 5.91 Å². The standard InChI is InChI=1S/C26H25N3O3S/c1-16-6-2-4-8-21(16)29-24(30)13-25-27-18(15-33-25)14-32-26(31)17-10-11-23-20(12-17)19-7-3-5-9-22(19)28-23/h2,4,6,8,10-12,15,28H,3,5,7,9,13-14H2,1H3,(H,29,30). The molecule has 1 amide bonds. The zero-order valence-corrected chi connectivity index (χ0v) is 19.3. The summed E-state index contributed by atoms with van der Waals surface area (Å²) in [4.78, 5) is 32.9. The Hall–Kier alpha value is -3.45. The van der Waals surface area contributed by atoms with E-state index in [0.717, 1.165) is 35.0 Å². The summed E-state index contributed by atoms with van der Waals surface area (Å²) >= 11 is 1.39. The second-order valence-corrected chi connectivity index (χ2v) is 9.34. The largest absolute Gasteiger partial charge is 0.456 e. The monoisotopic (exact) mass is 459 g/mol. The Morgan fingerprint density at radius 3 is 2.88 bits per heavy atom. The highest BCUT2D eigenvalue weighted by molar-refractivity contribution is 7.09. The van der Waals surface area contributed by atoms with Crippen LogP contribution in [-0.2, 0) is 35.4 Å². The Morgan fingerprint density at radius 1 is 1.15 bits per heavy atom. The van der Waals surface area contributed by atoms with E-state index >= 15 is 0 Å². The Morgan fingerprint density at radius 2 is 2.00 bits per heavy atom. The van der Waals surface area contributed by atoms with Gasteiger partial charge < -0.3 is 15.0 Å². The summed E-state index contributed by atoms with van der Waals surface area (Å²) in [6.45, 7) is 2.03. The Labute approximate surface area is 196 Å². The van der Waals surface area contributed by atoms with Gasteiger partial charge in [0.15, 0.2) is 0 Å². The lowest BCUT2D eigenvalue weighted by Gasteiger charge is -2.10. The predicted octanol–water partition coefficient (Wildman–Crippen LogP) is 5.35. The van der Waals surface area contributed by atoms with Crippen LogP contribution in [0.5, 0.6) is 0 Å². The molecule has 1 aliphatic rings. The Kier molecular flexibility index (Phi) is 5.96. The molecule has 2 aromatic carbocycles. The fourth-order valence-electron chi connectivity index (χ4n) is 4.30. The lowest BCUT2D eigenvalue weighted by atomic mass is 9.95. The minimum absolute atomic E-state index is 0.0814. The number of fused-ring (bicyclic) bond motifs is 3. The number of nitrogens with one attached hydrogen (secondary N) is 2. The molecule has 1 aliphatic carbocycles. The van der Waals surface area contributed by atoms with Crippen LogP contribution in [0.4, 0.5) is 5.69 Å². The molecular formula is C26H25N3O3S. The number of thiazole rings is 1. The fourth-order valence-corrected chi connectivity index (χ4v) is 5.07. The number of rotatable bonds is 6. The summed E-state index contributed by atoms with van der Waals surface area (Å²) in [6, 6.07) is 13.3. The highest BCUT2D eigenvalue weighted by Crippen LogP contribution is 2.30. The highest BCUT2D eigenvalue weighted by atomic mass is 32.1. The number of nitrogens with zero attached hydrogens (tertiary/aromatic N) is 1. The zero-order chi connectivity index (χ0) is 22.8. The number of aromatic amines is 1. The minimum atomic E-state index is -0.366. The van der Waals surface area contributed by atoms with Crippen molar-refractivity contribution in [1.29, 1.82) is 0 Å². The molecule has 0 aliphatic heterocycles. The molecule has 0 fully saturated rings. The predicted molar refractivity (Wildman–Crippen MR) is 130 cm³/mol. The van der Waals surface area contributed by atoms with Crippen LogP contribution in [0, 0.1) is 6.92 Å². The number of carbonyl (C=O) groups excluding carboxylic acids is 2. The summed E-state index contributed by atoms with van der Waals surface area (Å²) < 4.78 is 5.51. The molecule has 0 spiro atoms. The number of hydrogen-bond donors (Lipinski definition) is 2. The normalized spacial score (nSPS) is 13.0. The van der Waals surface area contributed by atoms with E-state index in [4.69, 9.17) is 4.74 Å². The first kappa shape index (κ1) is 21.4. The maximum absolute atomic E-state index is 12.7. The fraction of sp³-hybridized carbons (Fsp3) is 0.269. The van der Waals surface area contributed by atoms with Crippen molar-refractivity contribution in [1.82, 2.24) is 9.97 Å². The van der Waals surface area contributed by atoms with Gasteiger partial charge in [-0.3, -0.25) is 4.79 Å². The van der Waals surface area contributed by atoms with Crippen LogP contribution in [0.15, 0.2) is 47.8 Å². The van der Waals surface area contributed by atoms with Gasteiger partial charge in [0.05, 0.1) is 17.7 Å². The summed E-state index contributed by atoms with van der Waals surface area (Å²) in [7, 11) is 0. The van der Waals surface area contributed by atoms with E-state index < -0.39 is 0 Å². The van der Waals surface area contributed by atoms with E-state index in [-0.39, 0.29) is 24.9 Å². The van der Waals surface area contributed by atoms with Gasteiger partial charge in [0.25, 0.3) is 0 Å². The first-order valence-corrected chi connectivity index (χ1v) is 12.0. The van der Waals surface area contributed by atoms with Gasteiger partial charge in [-0.2, -0.15) is 0 Å². The molecule has 2 heterocycles. The highest BCUT2D eigenvalue weighted by Gasteiger charge is 2.18. The number of aromatic nitrogens is 2. The zero-order valence-electron chi connectivity index (χ0n) is 18.4. The lowest BCUT2D eigenvalue weighted by Crippen LogP contribution is -2.15. The van der Waals surface area contributed by atoms with Crippen LogP contribution in [0.2, 0.25) is 0 Å². The van der Waals surface area contributed by atoms with Crippen molar-refractivity contribution in [2.45, 2.75) is 45.6 Å². The van der Waals surface area contributed by atoms with Gasteiger partial charge in [-0.05, 0) is 68.0 Å². The average molecular weight is 460 g/mol. The molecule has 0 unspecified atom stereocenters. The van der Waals surface area contributed by atoms with E-state index in [0.29, 0.717) is 16.3 Å². The van der Waals surface area contributed by atoms with Crippen molar-refractivity contribution in [3.8, 4) is 0 Å². The number of aryl methyl sites for hydroxylation is 3. The average Bonchev–Trinajstić information content (AvgIpc) is 3.42. The van der Waals surface area contributed by atoms with E-state index in [1.54, 1.807) is 6.07 Å². The molecule has 0 saturated carbocycles. The van der Waals surface area contributed by atoms with Crippen molar-refractivity contribution in [3.63, 3.8) is 0 Å². The maximum Gasteiger partial charge on any atom is 0.338 e. The molecule has 2 aromatic heterocycles. The first-order chi connectivity index (χ1) is 16.1. The number of H-pyrrole nitrogens is 1. The molecule has 7 heteroatoms. The van der Waals surface area contributed by atoms with Gasteiger partial charge in [-0.25, -0.2) is 9.78 Å². The van der Waals surface area contributed by atoms with Crippen LogP contribution in [-0.4, -0.2) is 21.8 Å². The smallest absolute Gasteiger partial charge is 0.338 e. The second-order valence-electron chi connectivity index (χ2n) is 8.40. The SMILES string of the molecule is Cc1ccccc1NC(=O)Cc1nc(COC(=O)c2ccc3[nH]c4c(c3c2)CCCC4)cs1. The quantitative estimate of drug-likeness (QED) is 0.381. The van der Waals surface area contributed by atoms with E-state index in [1.165, 1.54) is 35.4 Å². The van der Waals surface area contributed by atoms with E-state index in [9.17, 15) is 9.59 Å². The third-order valence-electron chi connectivity index (χ3n) is 6.02. The Balaban J connectivity index is 1.19. The van der Waals surface area contributed by atoms with Crippen LogP contribution in [0.1, 0.15) is 50.7 Å². The summed E-state index contributed by atoms with van der Waals surface area (Å²) in [5.41, 5.74) is 6.70. The topological polar surface area (TPSA) is 84.1 Å². The van der Waals surface area contributed by atoms with Crippen LogP contribution >= 0.6 is 11.3 Å². The van der Waals surface area contributed by atoms with Gasteiger partial charge in [0.1, 0.15) is 11.6 Å². The van der Waals surface area contributed by atoms with E-state index in [2.05, 4.69) is 15.3 Å². The second kappa shape index (κ2) is 9.19. The van der Waals surface area contributed by atoms with Crippen LogP contribution in [0.3, 0.4) is 0 Å². The number of hydrogen-bond acceptors (Lipinski definition) is 5. The molecule has 0 radical (unpaired) electrons. The molecule has 0 atom stereocenters. The third kappa shape index (κ3) is 4.68. The number of para-hydroxylation sites is 1. The first-order valence-electron chi connectivity index (χ1n) is 11.2. The molecule has 6 nitrogen and oxygen atoms in total. The number of anilines is 1. The number of carbonyl (C=O) groups is 2. The molecule has 4 aromatic rings. The molecule has 2 N–H and O–H groups in total. The molecule has 33 heavy (non-hydrogen) atoms. The van der Waals surface area contributed by atoms with Crippen LogP contribution in [0.25, 0.3) is 10.9 Å². The Bertz CT molecular complexity index is 1340. The van der Waals surface area contributed by atoms with Gasteiger partial charge in [-0.1, -0.05) is 18.2 Å². The summed E-state index contributed by atoms with van der Waals surface area (Å²) in [6.07, 6.45) is 4.69. The molecule has 5 rings (SSSR count). The van der Waals surface area contributed by atoms with E-state index in [1.807, 2.05) is 48.7 Å². The number of benzene rings is 2. The van der Waals surface area contributed by atoms with Gasteiger partial charge in [0, 0.05) is 27.7 Å². The number of esters is 1. The van der Waals surface area contributed by atoms with Gasteiger partial charge in [-0.15, -0.1) is 11.3 Å². The molecule has 0 saturated heterocycles. The van der Waals surface area contributed by atoms with Gasteiger partial charge >= 0.3 is 5.97 Å². The maximum atomic E-state index is 12.7. The third-order valence-corrected chi connectivity index (χ3v) is 6.91. The molecular weight excluding hydrogens is 434 g/mol. The number of ether oxygens (including phenoxy) is 1. The lowest BCUT2D eigenvalue weighted by molar-refractivity contribution is -0.115. The molecule has 0 bridgehead atoms. The summed E-state index contributed by atoms with van der Waals surface area (Å²) in [5.74, 6) is -0.486. The van der Waals surface area contributed by atoms with Crippen molar-refractivity contribution in [2.75, 3.05) is 5.32 Å². The van der Waals surface area contributed by atoms with Crippen molar-refractivity contribution < 1.29 is 14.3 Å². The van der Waals surface area contributed by atoms with Crippen molar-refractivity contribution >= 4 is 39.8 Å². The van der Waals surface area contributed by atoms with Crippen molar-refractivity contribution in [2.24, 2.45) is 0 Å². The summed E-state index contributed by atoms with van der Waals surface area (Å²) in [5, 5.41) is 6.55. The number of amides is 1. The van der Waals surface area contributed by atoms with Crippen LogP contribution < -0.4 is 5.32 Å². The molecule has 168 valence electrons.